The molecule has 0 fully saturated rings. The van der Waals surface area contributed by atoms with Gasteiger partial charge in [-0.15, -0.1) is 11.3 Å². The zero-order valence-corrected chi connectivity index (χ0v) is 14.2. The quantitative estimate of drug-likeness (QED) is 0.550. The Hall–Kier alpha value is -3.06. The van der Waals surface area contributed by atoms with Gasteiger partial charge in [-0.1, -0.05) is 30.3 Å². The Morgan fingerprint density at radius 2 is 2.04 bits per heavy atom. The number of nitro groups is 1. The number of non-ortho nitro benzene ring substituents is 1. The molecule has 0 spiro atoms. The highest BCUT2D eigenvalue weighted by molar-refractivity contribution is 7.15. The van der Waals surface area contributed by atoms with Crippen LogP contribution in [0.2, 0.25) is 0 Å². The fraction of sp³-hybridized carbons (Fsp3) is 0.111. The van der Waals surface area contributed by atoms with Crippen LogP contribution in [0.4, 0.5) is 10.8 Å². The smallest absolute Gasteiger partial charge is 0.269 e. The second kappa shape index (κ2) is 7.23. The van der Waals surface area contributed by atoms with Crippen LogP contribution in [-0.2, 0) is 6.42 Å². The van der Waals surface area contributed by atoms with Gasteiger partial charge in [-0.05, 0) is 24.1 Å². The van der Waals surface area contributed by atoms with Crippen LogP contribution in [0.1, 0.15) is 26.4 Å². The van der Waals surface area contributed by atoms with Crippen molar-refractivity contribution in [3.8, 4) is 0 Å². The number of aromatic nitrogens is 1. The number of hydrogen-bond acceptors (Lipinski definition) is 5. The first-order valence-electron chi connectivity index (χ1n) is 7.58. The normalized spacial score (nSPS) is 10.4. The van der Waals surface area contributed by atoms with Gasteiger partial charge in [-0.3, -0.25) is 20.2 Å². The molecule has 0 atom stereocenters. The van der Waals surface area contributed by atoms with Crippen LogP contribution in [0.5, 0.6) is 0 Å². The molecule has 1 N–H and O–H groups in total. The van der Waals surface area contributed by atoms with Crippen molar-refractivity contribution in [2.75, 3.05) is 5.32 Å². The van der Waals surface area contributed by atoms with Crippen LogP contribution in [0.25, 0.3) is 0 Å². The van der Waals surface area contributed by atoms with Gasteiger partial charge in [0.2, 0.25) is 0 Å². The Bertz CT molecular complexity index is 937. The highest BCUT2D eigenvalue weighted by atomic mass is 32.1. The van der Waals surface area contributed by atoms with Crippen molar-refractivity contribution in [2.24, 2.45) is 0 Å². The van der Waals surface area contributed by atoms with E-state index in [1.165, 1.54) is 17.4 Å². The minimum absolute atomic E-state index is 0.0649. The van der Waals surface area contributed by atoms with Gasteiger partial charge in [-0.25, -0.2) is 4.98 Å². The number of carbonyl (C=O) groups excluding carboxylic acids is 1. The molecule has 126 valence electrons. The summed E-state index contributed by atoms with van der Waals surface area (Å²) < 4.78 is 0. The standard InChI is InChI=1S/C18H15N3O3S/c1-12-5-2-3-8-16(12)17(22)20-18-19-11-15(25-18)10-13-6-4-7-14(9-13)21(23)24/h2-9,11H,10H2,1H3,(H,19,20,22). The maximum atomic E-state index is 12.3. The number of benzene rings is 2. The maximum Gasteiger partial charge on any atom is 0.269 e. The lowest BCUT2D eigenvalue weighted by Crippen LogP contribution is -2.12. The third-order valence-corrected chi connectivity index (χ3v) is 4.58. The maximum absolute atomic E-state index is 12.3. The van der Waals surface area contributed by atoms with Crippen LogP contribution >= 0.6 is 11.3 Å². The molecule has 0 aliphatic heterocycles. The second-order valence-corrected chi connectivity index (χ2v) is 6.62. The molecule has 0 unspecified atom stereocenters. The molecule has 0 radical (unpaired) electrons. The van der Waals surface area contributed by atoms with E-state index in [-0.39, 0.29) is 11.6 Å². The van der Waals surface area contributed by atoms with Crippen LogP contribution in [0.15, 0.2) is 54.7 Å². The molecular weight excluding hydrogens is 338 g/mol. The van der Waals surface area contributed by atoms with Gasteiger partial charge < -0.3 is 0 Å². The van der Waals surface area contributed by atoms with Gasteiger partial charge in [0.05, 0.1) is 4.92 Å². The van der Waals surface area contributed by atoms with Crippen LogP contribution < -0.4 is 5.32 Å². The molecule has 0 aliphatic carbocycles. The lowest BCUT2D eigenvalue weighted by molar-refractivity contribution is -0.384. The topological polar surface area (TPSA) is 85.1 Å². The van der Waals surface area contributed by atoms with E-state index in [1.54, 1.807) is 24.4 Å². The summed E-state index contributed by atoms with van der Waals surface area (Å²) in [5.41, 5.74) is 2.40. The molecule has 6 nitrogen and oxygen atoms in total. The fourth-order valence-electron chi connectivity index (χ4n) is 2.42. The Labute approximate surface area is 148 Å². The van der Waals surface area contributed by atoms with E-state index < -0.39 is 4.92 Å². The average Bonchev–Trinajstić information content (AvgIpc) is 3.02. The van der Waals surface area contributed by atoms with E-state index in [0.717, 1.165) is 16.0 Å². The summed E-state index contributed by atoms with van der Waals surface area (Å²) in [4.78, 5) is 27.9. The number of hydrogen-bond donors (Lipinski definition) is 1. The van der Waals surface area contributed by atoms with Crippen LogP contribution in [0.3, 0.4) is 0 Å². The molecule has 1 amide bonds. The van der Waals surface area contributed by atoms with Crippen molar-refractivity contribution >= 4 is 28.1 Å². The lowest BCUT2D eigenvalue weighted by Gasteiger charge is -2.04. The average molecular weight is 353 g/mol. The highest BCUT2D eigenvalue weighted by Gasteiger charge is 2.12. The van der Waals surface area contributed by atoms with Crippen LogP contribution in [-0.4, -0.2) is 15.8 Å². The molecule has 0 bridgehead atoms. The highest BCUT2D eigenvalue weighted by Crippen LogP contribution is 2.23. The van der Waals surface area contributed by atoms with Gasteiger partial charge in [0.25, 0.3) is 11.6 Å². The van der Waals surface area contributed by atoms with Crippen molar-refractivity contribution in [2.45, 2.75) is 13.3 Å². The molecule has 3 rings (SSSR count). The molecule has 2 aromatic carbocycles. The first-order chi connectivity index (χ1) is 12.0. The number of aryl methyl sites for hydroxylation is 1. The van der Waals surface area contributed by atoms with E-state index in [2.05, 4.69) is 10.3 Å². The van der Waals surface area contributed by atoms with E-state index >= 15 is 0 Å². The third-order valence-electron chi connectivity index (χ3n) is 3.66. The van der Waals surface area contributed by atoms with E-state index in [4.69, 9.17) is 0 Å². The van der Waals surface area contributed by atoms with Crippen molar-refractivity contribution in [3.63, 3.8) is 0 Å². The Morgan fingerprint density at radius 1 is 1.24 bits per heavy atom. The molecule has 3 aromatic rings. The van der Waals surface area contributed by atoms with Gasteiger partial charge in [0.1, 0.15) is 0 Å². The van der Waals surface area contributed by atoms with Crippen molar-refractivity contribution in [3.05, 3.63) is 86.4 Å². The SMILES string of the molecule is Cc1ccccc1C(=O)Nc1ncc(Cc2cccc([N+](=O)[O-])c2)s1. The van der Waals surface area contributed by atoms with Gasteiger partial charge in [-0.2, -0.15) is 0 Å². The zero-order chi connectivity index (χ0) is 17.8. The summed E-state index contributed by atoms with van der Waals surface area (Å²) >= 11 is 1.36. The molecule has 25 heavy (non-hydrogen) atoms. The number of nitrogens with one attached hydrogen (secondary N) is 1. The minimum atomic E-state index is -0.413. The number of carbonyl (C=O) groups is 1. The molecular formula is C18H15N3O3S. The summed E-state index contributed by atoms with van der Waals surface area (Å²) in [5.74, 6) is -0.200. The van der Waals surface area contributed by atoms with Gasteiger partial charge >= 0.3 is 0 Å². The zero-order valence-electron chi connectivity index (χ0n) is 13.4. The van der Waals surface area contributed by atoms with Gasteiger partial charge in [0.15, 0.2) is 5.13 Å². The summed E-state index contributed by atoms with van der Waals surface area (Å²) in [6.45, 7) is 1.88. The van der Waals surface area contributed by atoms with Crippen molar-refractivity contribution < 1.29 is 9.72 Å². The van der Waals surface area contributed by atoms with E-state index in [0.29, 0.717) is 17.1 Å². The van der Waals surface area contributed by atoms with E-state index in [9.17, 15) is 14.9 Å². The molecule has 0 saturated heterocycles. The minimum Gasteiger partial charge on any atom is -0.298 e. The monoisotopic (exact) mass is 353 g/mol. The molecule has 7 heteroatoms. The molecule has 1 aromatic heterocycles. The van der Waals surface area contributed by atoms with Gasteiger partial charge in [0, 0.05) is 35.2 Å². The lowest BCUT2D eigenvalue weighted by atomic mass is 10.1. The number of rotatable bonds is 5. The Morgan fingerprint density at radius 3 is 2.80 bits per heavy atom. The predicted octanol–water partition coefficient (Wildman–Crippen LogP) is 4.20. The van der Waals surface area contributed by atoms with Crippen LogP contribution in [0, 0.1) is 17.0 Å². The summed E-state index contributed by atoms with van der Waals surface area (Å²) in [6, 6.07) is 13.8. The summed E-state index contributed by atoms with van der Waals surface area (Å²) in [5, 5.41) is 14.1. The van der Waals surface area contributed by atoms with Crippen molar-refractivity contribution in [1.82, 2.24) is 4.98 Å². The molecule has 1 heterocycles. The Balaban J connectivity index is 1.70. The number of thiazole rings is 1. The van der Waals surface area contributed by atoms with E-state index in [1.807, 2.05) is 31.2 Å². The second-order valence-electron chi connectivity index (χ2n) is 5.50. The molecule has 0 aliphatic rings. The number of anilines is 1. The number of nitro benzene ring substituents is 1. The largest absolute Gasteiger partial charge is 0.298 e. The molecule has 0 saturated carbocycles. The Kier molecular flexibility index (Phi) is 4.85. The van der Waals surface area contributed by atoms with Crippen molar-refractivity contribution in [1.29, 1.82) is 0 Å². The number of amides is 1. The fourth-order valence-corrected chi connectivity index (χ4v) is 3.26. The first-order valence-corrected chi connectivity index (χ1v) is 8.39. The third kappa shape index (κ3) is 4.07. The summed E-state index contributed by atoms with van der Waals surface area (Å²) in [6.07, 6.45) is 2.20. The predicted molar refractivity (Wildman–Crippen MR) is 97.1 cm³/mol. The summed E-state index contributed by atoms with van der Waals surface area (Å²) in [7, 11) is 0. The first kappa shape index (κ1) is 16.8. The number of nitrogens with zero attached hydrogens (tertiary/aromatic N) is 2.